The summed E-state index contributed by atoms with van der Waals surface area (Å²) in [4.78, 5) is -0.372. The highest BCUT2D eigenvalue weighted by Gasteiger charge is 2.14. The normalized spacial score (nSPS) is 12.3. The Hall–Kier alpha value is -2.46. The molecule has 9 heteroatoms. The van der Waals surface area contributed by atoms with E-state index in [9.17, 15) is 21.4 Å². The third kappa shape index (κ3) is 3.86. The van der Waals surface area contributed by atoms with Crippen LogP contribution in [0, 0.1) is 6.92 Å². The molecule has 0 aliphatic carbocycles. The van der Waals surface area contributed by atoms with Crippen LogP contribution in [0.2, 0.25) is 0 Å². The summed E-state index contributed by atoms with van der Waals surface area (Å²) in [5.41, 5.74) is 1.51. The zero-order chi connectivity index (χ0) is 19.1. The van der Waals surface area contributed by atoms with E-state index in [4.69, 9.17) is 4.55 Å². The van der Waals surface area contributed by atoms with Crippen LogP contribution in [-0.4, -0.2) is 25.9 Å². The SMILES string of the molecule is Cc1cc2cc(Nc3cccc(S(=O)(=O)O)c3)ccc2cc1S(=O)(=O)O. The van der Waals surface area contributed by atoms with Crippen molar-refractivity contribution in [2.24, 2.45) is 0 Å². The fourth-order valence-corrected chi connectivity index (χ4v) is 3.92. The van der Waals surface area contributed by atoms with Crippen molar-refractivity contribution in [1.29, 1.82) is 0 Å². The van der Waals surface area contributed by atoms with E-state index < -0.39 is 20.2 Å². The van der Waals surface area contributed by atoms with Crippen molar-refractivity contribution in [3.05, 3.63) is 60.2 Å². The zero-order valence-electron chi connectivity index (χ0n) is 13.5. The van der Waals surface area contributed by atoms with E-state index in [0.717, 1.165) is 5.39 Å². The minimum atomic E-state index is -4.30. The molecule has 3 aromatic rings. The molecule has 136 valence electrons. The summed E-state index contributed by atoms with van der Waals surface area (Å²) >= 11 is 0. The number of hydrogen-bond acceptors (Lipinski definition) is 5. The van der Waals surface area contributed by atoms with Crippen LogP contribution in [0.1, 0.15) is 5.56 Å². The molecule has 0 spiro atoms. The average Bonchev–Trinajstić information content (AvgIpc) is 2.52. The van der Waals surface area contributed by atoms with Gasteiger partial charge < -0.3 is 5.32 Å². The molecule has 0 radical (unpaired) electrons. The van der Waals surface area contributed by atoms with Crippen LogP contribution in [0.15, 0.2) is 64.4 Å². The van der Waals surface area contributed by atoms with E-state index in [1.165, 1.54) is 24.3 Å². The molecule has 0 aliphatic rings. The summed E-state index contributed by atoms with van der Waals surface area (Å²) in [6, 6.07) is 13.9. The number of rotatable bonds is 4. The third-order valence-corrected chi connectivity index (χ3v) is 5.68. The summed E-state index contributed by atoms with van der Waals surface area (Å²) in [6.07, 6.45) is 0. The molecular formula is C17H15NO6S2. The van der Waals surface area contributed by atoms with Gasteiger partial charge in [0.25, 0.3) is 20.2 Å². The molecule has 0 heterocycles. The molecule has 0 aromatic heterocycles. The molecule has 0 atom stereocenters. The molecule has 0 unspecified atom stereocenters. The topological polar surface area (TPSA) is 121 Å². The summed E-state index contributed by atoms with van der Waals surface area (Å²) in [6.45, 7) is 1.58. The zero-order valence-corrected chi connectivity index (χ0v) is 15.2. The first kappa shape index (κ1) is 18.3. The predicted molar refractivity (Wildman–Crippen MR) is 98.0 cm³/mol. The molecule has 0 saturated heterocycles. The smallest absolute Gasteiger partial charge is 0.294 e. The molecule has 0 fully saturated rings. The Morgan fingerprint density at radius 2 is 1.46 bits per heavy atom. The van der Waals surface area contributed by atoms with Crippen molar-refractivity contribution in [3.63, 3.8) is 0 Å². The third-order valence-electron chi connectivity index (χ3n) is 3.83. The van der Waals surface area contributed by atoms with Crippen molar-refractivity contribution in [2.75, 3.05) is 5.32 Å². The molecule has 0 aliphatic heterocycles. The number of hydrogen-bond donors (Lipinski definition) is 3. The van der Waals surface area contributed by atoms with Gasteiger partial charge in [-0.1, -0.05) is 12.1 Å². The second-order valence-corrected chi connectivity index (χ2v) is 8.59. The highest BCUT2D eigenvalue weighted by molar-refractivity contribution is 7.86. The highest BCUT2D eigenvalue weighted by atomic mass is 32.2. The Kier molecular flexibility index (Phi) is 4.49. The van der Waals surface area contributed by atoms with Crippen molar-refractivity contribution < 1.29 is 25.9 Å². The van der Waals surface area contributed by atoms with Crippen LogP contribution in [-0.2, 0) is 20.2 Å². The standard InChI is InChI=1S/C17H15NO6S2/c1-11-7-13-8-15(6-5-12(13)9-17(11)26(22,23)24)18-14-3-2-4-16(10-14)25(19,20)21/h2-10,18H,1H3,(H,19,20,21)(H,22,23,24). The first-order chi connectivity index (χ1) is 12.0. The molecule has 0 bridgehead atoms. The minimum absolute atomic E-state index is 0.147. The van der Waals surface area contributed by atoms with Gasteiger partial charge in [0.15, 0.2) is 0 Å². The fraction of sp³-hybridized carbons (Fsp3) is 0.0588. The monoisotopic (exact) mass is 393 g/mol. The maximum absolute atomic E-state index is 11.4. The maximum Gasteiger partial charge on any atom is 0.294 e. The second kappa shape index (κ2) is 6.36. The van der Waals surface area contributed by atoms with Crippen molar-refractivity contribution >= 4 is 42.4 Å². The molecule has 0 amide bonds. The molecule has 3 aromatic carbocycles. The van der Waals surface area contributed by atoms with Crippen molar-refractivity contribution in [2.45, 2.75) is 16.7 Å². The Morgan fingerprint density at radius 1 is 0.769 bits per heavy atom. The van der Waals surface area contributed by atoms with Gasteiger partial charge in [0.1, 0.15) is 0 Å². The molecule has 3 N–H and O–H groups in total. The van der Waals surface area contributed by atoms with Gasteiger partial charge in [-0.3, -0.25) is 9.11 Å². The molecule has 7 nitrogen and oxygen atoms in total. The Bertz CT molecular complexity index is 1220. The van der Waals surface area contributed by atoms with E-state index in [-0.39, 0.29) is 9.79 Å². The van der Waals surface area contributed by atoms with Gasteiger partial charge in [0, 0.05) is 11.4 Å². The highest BCUT2D eigenvalue weighted by Crippen LogP contribution is 2.27. The summed E-state index contributed by atoms with van der Waals surface area (Å²) in [7, 11) is -8.60. The first-order valence-electron chi connectivity index (χ1n) is 7.40. The second-order valence-electron chi connectivity index (χ2n) is 5.78. The van der Waals surface area contributed by atoms with Gasteiger partial charge in [0.2, 0.25) is 0 Å². The lowest BCUT2D eigenvalue weighted by atomic mass is 10.1. The van der Waals surface area contributed by atoms with E-state index in [0.29, 0.717) is 22.3 Å². The van der Waals surface area contributed by atoms with Gasteiger partial charge >= 0.3 is 0 Å². The van der Waals surface area contributed by atoms with Crippen molar-refractivity contribution in [1.82, 2.24) is 0 Å². The largest absolute Gasteiger partial charge is 0.355 e. The number of anilines is 2. The molecule has 26 heavy (non-hydrogen) atoms. The van der Waals surface area contributed by atoms with Gasteiger partial charge in [-0.05, 0) is 65.7 Å². The van der Waals surface area contributed by atoms with Crippen LogP contribution in [0.3, 0.4) is 0 Å². The number of benzene rings is 3. The molecular weight excluding hydrogens is 378 g/mol. The van der Waals surface area contributed by atoms with E-state index in [2.05, 4.69) is 5.32 Å². The predicted octanol–water partition coefficient (Wildman–Crippen LogP) is 3.39. The average molecular weight is 393 g/mol. The lowest BCUT2D eigenvalue weighted by molar-refractivity contribution is 0.480. The van der Waals surface area contributed by atoms with Gasteiger partial charge in [-0.15, -0.1) is 0 Å². The number of aryl methyl sites for hydroxylation is 1. The number of fused-ring (bicyclic) bond motifs is 1. The summed E-state index contributed by atoms with van der Waals surface area (Å²) in [5, 5.41) is 4.40. The van der Waals surface area contributed by atoms with Crippen LogP contribution in [0.4, 0.5) is 11.4 Å². The van der Waals surface area contributed by atoms with E-state index >= 15 is 0 Å². The van der Waals surface area contributed by atoms with E-state index in [1.54, 1.807) is 37.3 Å². The van der Waals surface area contributed by atoms with Gasteiger partial charge in [0.05, 0.1) is 9.79 Å². The van der Waals surface area contributed by atoms with Crippen LogP contribution in [0.5, 0.6) is 0 Å². The quantitative estimate of drug-likeness (QED) is 0.581. The molecule has 0 saturated carbocycles. The minimum Gasteiger partial charge on any atom is -0.355 e. The Labute approximate surface area is 150 Å². The fourth-order valence-electron chi connectivity index (χ4n) is 2.65. The molecule has 3 rings (SSSR count). The van der Waals surface area contributed by atoms with Gasteiger partial charge in [-0.2, -0.15) is 16.8 Å². The van der Waals surface area contributed by atoms with Crippen LogP contribution < -0.4 is 5.32 Å². The van der Waals surface area contributed by atoms with E-state index in [1.807, 2.05) is 0 Å². The number of nitrogens with one attached hydrogen (secondary N) is 1. The van der Waals surface area contributed by atoms with Crippen LogP contribution in [0.25, 0.3) is 10.8 Å². The Morgan fingerprint density at radius 3 is 2.12 bits per heavy atom. The lowest BCUT2D eigenvalue weighted by Gasteiger charge is -2.10. The van der Waals surface area contributed by atoms with Crippen LogP contribution >= 0.6 is 0 Å². The lowest BCUT2D eigenvalue weighted by Crippen LogP contribution is -2.01. The maximum atomic E-state index is 11.4. The summed E-state index contributed by atoms with van der Waals surface area (Å²) < 4.78 is 63.6. The Balaban J connectivity index is 2.00. The first-order valence-corrected chi connectivity index (χ1v) is 10.3. The van der Waals surface area contributed by atoms with Crippen molar-refractivity contribution in [3.8, 4) is 0 Å². The van der Waals surface area contributed by atoms with Gasteiger partial charge in [-0.25, -0.2) is 0 Å². The summed E-state index contributed by atoms with van der Waals surface area (Å²) in [5.74, 6) is 0.